The molecule has 0 aromatic rings. The Balaban J connectivity index is 1.74. The standard InChI is InChI=1S/C18H32O2/c1-12(2)10-19-17-16-6-14-5-15(7-16)9-18(17,8-14)20-11-13(3)4/h12-17H,5-11H2,1-4H3. The molecule has 4 aliphatic rings. The van der Waals surface area contributed by atoms with Gasteiger partial charge in [-0.1, -0.05) is 27.7 Å². The zero-order valence-corrected chi connectivity index (χ0v) is 13.7. The third-order valence-corrected chi connectivity index (χ3v) is 5.47. The molecule has 116 valence electrons. The smallest absolute Gasteiger partial charge is 0.0951 e. The highest BCUT2D eigenvalue weighted by atomic mass is 16.6. The summed E-state index contributed by atoms with van der Waals surface area (Å²) < 4.78 is 12.9. The van der Waals surface area contributed by atoms with Crippen LogP contribution < -0.4 is 0 Å². The van der Waals surface area contributed by atoms with Crippen molar-refractivity contribution in [3.8, 4) is 0 Å². The summed E-state index contributed by atoms with van der Waals surface area (Å²) >= 11 is 0. The normalized spacial score (nSPS) is 42.9. The second-order valence-electron chi connectivity index (χ2n) is 8.52. The minimum atomic E-state index is 0.0634. The molecular weight excluding hydrogens is 248 g/mol. The third-order valence-electron chi connectivity index (χ3n) is 5.47. The van der Waals surface area contributed by atoms with Crippen LogP contribution in [0.15, 0.2) is 0 Å². The highest BCUT2D eigenvalue weighted by Gasteiger charge is 2.58. The van der Waals surface area contributed by atoms with E-state index in [2.05, 4.69) is 27.7 Å². The van der Waals surface area contributed by atoms with Crippen LogP contribution in [0.1, 0.15) is 59.8 Å². The average molecular weight is 280 g/mol. The van der Waals surface area contributed by atoms with Crippen molar-refractivity contribution in [2.24, 2.45) is 29.6 Å². The highest BCUT2D eigenvalue weighted by molar-refractivity contribution is 5.09. The van der Waals surface area contributed by atoms with E-state index in [1.54, 1.807) is 0 Å². The van der Waals surface area contributed by atoms with E-state index in [9.17, 15) is 0 Å². The van der Waals surface area contributed by atoms with Crippen molar-refractivity contribution in [3.05, 3.63) is 0 Å². The molecule has 2 nitrogen and oxygen atoms in total. The van der Waals surface area contributed by atoms with E-state index in [0.717, 1.165) is 31.0 Å². The fourth-order valence-corrected chi connectivity index (χ4v) is 5.04. The molecule has 4 bridgehead atoms. The minimum absolute atomic E-state index is 0.0634. The lowest BCUT2D eigenvalue weighted by Crippen LogP contribution is -2.62. The van der Waals surface area contributed by atoms with Crippen molar-refractivity contribution in [1.29, 1.82) is 0 Å². The summed E-state index contributed by atoms with van der Waals surface area (Å²) in [6.07, 6.45) is 7.14. The molecule has 20 heavy (non-hydrogen) atoms. The summed E-state index contributed by atoms with van der Waals surface area (Å²) in [5.41, 5.74) is 0.0634. The van der Waals surface area contributed by atoms with Crippen molar-refractivity contribution < 1.29 is 9.47 Å². The number of hydrogen-bond donors (Lipinski definition) is 0. The van der Waals surface area contributed by atoms with Crippen molar-refractivity contribution in [3.63, 3.8) is 0 Å². The van der Waals surface area contributed by atoms with Gasteiger partial charge in [-0.2, -0.15) is 0 Å². The summed E-state index contributed by atoms with van der Waals surface area (Å²) in [7, 11) is 0. The largest absolute Gasteiger partial charge is 0.375 e. The van der Waals surface area contributed by atoms with Gasteiger partial charge >= 0.3 is 0 Å². The summed E-state index contributed by atoms with van der Waals surface area (Å²) in [5.74, 6) is 3.84. The van der Waals surface area contributed by atoms with Crippen LogP contribution in [-0.2, 0) is 9.47 Å². The van der Waals surface area contributed by atoms with Gasteiger partial charge in [-0.15, -0.1) is 0 Å². The van der Waals surface area contributed by atoms with Gasteiger partial charge in [0.2, 0.25) is 0 Å². The molecule has 0 amide bonds. The molecule has 0 heterocycles. The summed E-state index contributed by atoms with van der Waals surface area (Å²) in [6.45, 7) is 10.8. The maximum absolute atomic E-state index is 6.52. The van der Waals surface area contributed by atoms with Gasteiger partial charge in [0.15, 0.2) is 0 Å². The van der Waals surface area contributed by atoms with Crippen LogP contribution >= 0.6 is 0 Å². The lowest BCUT2D eigenvalue weighted by atomic mass is 9.52. The first-order chi connectivity index (χ1) is 9.48. The maximum atomic E-state index is 6.52. The Morgan fingerprint density at radius 1 is 0.900 bits per heavy atom. The molecular formula is C18H32O2. The summed E-state index contributed by atoms with van der Waals surface area (Å²) in [5, 5.41) is 0. The van der Waals surface area contributed by atoms with Gasteiger partial charge in [-0.05, 0) is 61.7 Å². The Morgan fingerprint density at radius 2 is 1.50 bits per heavy atom. The topological polar surface area (TPSA) is 18.5 Å². The van der Waals surface area contributed by atoms with Crippen LogP contribution in [0.25, 0.3) is 0 Å². The molecule has 0 aromatic carbocycles. The van der Waals surface area contributed by atoms with E-state index < -0.39 is 0 Å². The number of rotatable bonds is 6. The molecule has 4 rings (SSSR count). The van der Waals surface area contributed by atoms with E-state index in [4.69, 9.17) is 9.47 Å². The number of hydrogen-bond acceptors (Lipinski definition) is 2. The van der Waals surface area contributed by atoms with Crippen LogP contribution in [0.2, 0.25) is 0 Å². The van der Waals surface area contributed by atoms with E-state index in [-0.39, 0.29) is 5.60 Å². The Kier molecular flexibility index (Phi) is 4.16. The van der Waals surface area contributed by atoms with Gasteiger partial charge in [-0.25, -0.2) is 0 Å². The lowest BCUT2D eigenvalue weighted by Gasteiger charge is -2.60. The van der Waals surface area contributed by atoms with Crippen LogP contribution in [0.3, 0.4) is 0 Å². The average Bonchev–Trinajstić information content (AvgIpc) is 2.34. The molecule has 0 radical (unpaired) electrons. The molecule has 2 heteroatoms. The van der Waals surface area contributed by atoms with Crippen molar-refractivity contribution >= 4 is 0 Å². The summed E-state index contributed by atoms with van der Waals surface area (Å²) in [6, 6.07) is 0. The Hall–Kier alpha value is -0.0800. The summed E-state index contributed by atoms with van der Waals surface area (Å²) in [4.78, 5) is 0. The van der Waals surface area contributed by atoms with Gasteiger partial charge in [0.05, 0.1) is 11.7 Å². The fourth-order valence-electron chi connectivity index (χ4n) is 5.04. The van der Waals surface area contributed by atoms with Crippen LogP contribution in [0.5, 0.6) is 0 Å². The quantitative estimate of drug-likeness (QED) is 0.723. The first-order valence-electron chi connectivity index (χ1n) is 8.74. The van der Waals surface area contributed by atoms with Gasteiger partial charge in [0.25, 0.3) is 0 Å². The second kappa shape index (κ2) is 5.61. The van der Waals surface area contributed by atoms with Gasteiger partial charge in [0.1, 0.15) is 0 Å². The minimum Gasteiger partial charge on any atom is -0.375 e. The van der Waals surface area contributed by atoms with Crippen LogP contribution in [0.4, 0.5) is 0 Å². The fraction of sp³-hybridized carbons (Fsp3) is 1.00. The molecule has 0 aromatic heterocycles. The monoisotopic (exact) mass is 280 g/mol. The molecule has 0 saturated heterocycles. The predicted molar refractivity (Wildman–Crippen MR) is 81.7 cm³/mol. The van der Waals surface area contributed by atoms with E-state index >= 15 is 0 Å². The van der Waals surface area contributed by atoms with Crippen LogP contribution in [0, 0.1) is 29.6 Å². The van der Waals surface area contributed by atoms with E-state index in [1.807, 2.05) is 0 Å². The van der Waals surface area contributed by atoms with E-state index in [0.29, 0.717) is 17.9 Å². The second-order valence-corrected chi connectivity index (χ2v) is 8.52. The van der Waals surface area contributed by atoms with Gasteiger partial charge in [-0.3, -0.25) is 0 Å². The Bertz CT molecular complexity index is 322. The SMILES string of the molecule is CC(C)COC1C2CC3CC(C2)CC1(OCC(C)C)C3. The van der Waals surface area contributed by atoms with Crippen molar-refractivity contribution in [1.82, 2.24) is 0 Å². The first kappa shape index (κ1) is 14.8. The van der Waals surface area contributed by atoms with Crippen LogP contribution in [-0.4, -0.2) is 24.9 Å². The molecule has 4 fully saturated rings. The zero-order valence-electron chi connectivity index (χ0n) is 13.7. The van der Waals surface area contributed by atoms with E-state index in [1.165, 1.54) is 32.1 Å². The molecule has 3 atom stereocenters. The molecule has 0 N–H and O–H groups in total. The lowest BCUT2D eigenvalue weighted by molar-refractivity contribution is -0.249. The third kappa shape index (κ3) is 2.78. The molecule has 3 unspecified atom stereocenters. The van der Waals surface area contributed by atoms with Gasteiger partial charge < -0.3 is 9.47 Å². The molecule has 4 saturated carbocycles. The molecule has 0 aliphatic heterocycles. The van der Waals surface area contributed by atoms with Crippen molar-refractivity contribution in [2.75, 3.05) is 13.2 Å². The van der Waals surface area contributed by atoms with Crippen molar-refractivity contribution in [2.45, 2.75) is 71.5 Å². The predicted octanol–water partition coefficient (Wildman–Crippen LogP) is 4.28. The highest BCUT2D eigenvalue weighted by Crippen LogP contribution is 2.58. The number of ether oxygens (including phenoxy) is 2. The zero-order chi connectivity index (χ0) is 14.3. The Morgan fingerprint density at radius 3 is 2.05 bits per heavy atom. The first-order valence-corrected chi connectivity index (χ1v) is 8.74. The molecule has 0 spiro atoms. The molecule has 4 aliphatic carbocycles. The Labute approximate surface area is 124 Å². The van der Waals surface area contributed by atoms with Gasteiger partial charge in [0, 0.05) is 13.2 Å². The maximum Gasteiger partial charge on any atom is 0.0951 e.